The molecule has 0 saturated carbocycles. The lowest BCUT2D eigenvalue weighted by molar-refractivity contribution is -0.133. The average molecular weight is 341 g/mol. The molecule has 1 aromatic carbocycles. The van der Waals surface area contributed by atoms with Gasteiger partial charge in [0.15, 0.2) is 0 Å². The van der Waals surface area contributed by atoms with Crippen LogP contribution in [0.25, 0.3) is 0 Å². The first-order chi connectivity index (χ1) is 11.7. The molecule has 1 N–H and O–H groups in total. The number of thiazole rings is 1. The zero-order valence-corrected chi connectivity index (χ0v) is 14.1. The molecule has 1 spiro atoms. The molecule has 5 nitrogen and oxygen atoms in total. The SMILES string of the molecule is O=C(c1cscn1)N1CCC2(CC1)Cc1ccccc1CNC2=O. The van der Waals surface area contributed by atoms with Crippen LogP contribution < -0.4 is 5.32 Å². The van der Waals surface area contributed by atoms with Crippen molar-refractivity contribution in [3.05, 3.63) is 52.0 Å². The summed E-state index contributed by atoms with van der Waals surface area (Å²) < 4.78 is 0. The summed E-state index contributed by atoms with van der Waals surface area (Å²) in [6.45, 7) is 1.80. The second-order valence-corrected chi connectivity index (χ2v) is 7.29. The molecule has 2 amide bonds. The number of aromatic nitrogens is 1. The van der Waals surface area contributed by atoms with Gasteiger partial charge in [0.1, 0.15) is 5.69 Å². The standard InChI is InChI=1S/C18H19N3O2S/c22-16(15-11-24-12-20-15)21-7-5-18(6-8-21)9-13-3-1-2-4-14(13)10-19-17(18)23/h1-4,11-12H,5-10H2,(H,19,23). The zero-order valence-electron chi connectivity index (χ0n) is 13.3. The number of piperidine rings is 1. The van der Waals surface area contributed by atoms with Gasteiger partial charge in [0.25, 0.3) is 5.91 Å². The van der Waals surface area contributed by atoms with Gasteiger partial charge in [0, 0.05) is 25.0 Å². The van der Waals surface area contributed by atoms with E-state index in [1.54, 1.807) is 10.9 Å². The number of benzene rings is 1. The fourth-order valence-electron chi connectivity index (χ4n) is 3.73. The molecule has 0 radical (unpaired) electrons. The van der Waals surface area contributed by atoms with E-state index < -0.39 is 5.41 Å². The molecule has 0 unspecified atom stereocenters. The first-order valence-electron chi connectivity index (χ1n) is 8.20. The van der Waals surface area contributed by atoms with Gasteiger partial charge in [0.05, 0.1) is 10.9 Å². The number of carbonyl (C=O) groups excluding carboxylic acids is 2. The van der Waals surface area contributed by atoms with Crippen LogP contribution in [0.4, 0.5) is 0 Å². The minimum Gasteiger partial charge on any atom is -0.352 e. The normalized spacial score (nSPS) is 19.5. The Hall–Kier alpha value is -2.21. The summed E-state index contributed by atoms with van der Waals surface area (Å²) in [5, 5.41) is 4.86. The minimum absolute atomic E-state index is 0.0273. The topological polar surface area (TPSA) is 62.3 Å². The Morgan fingerprint density at radius 1 is 1.21 bits per heavy atom. The van der Waals surface area contributed by atoms with Gasteiger partial charge in [-0.05, 0) is 30.4 Å². The van der Waals surface area contributed by atoms with E-state index in [9.17, 15) is 9.59 Å². The highest BCUT2D eigenvalue weighted by Gasteiger charge is 2.43. The third kappa shape index (κ3) is 2.60. The summed E-state index contributed by atoms with van der Waals surface area (Å²) in [6.07, 6.45) is 2.15. The Balaban J connectivity index is 1.53. The van der Waals surface area contributed by atoms with E-state index in [0.717, 1.165) is 6.42 Å². The third-order valence-electron chi connectivity index (χ3n) is 5.23. The molecule has 2 aliphatic heterocycles. The highest BCUT2D eigenvalue weighted by atomic mass is 32.1. The van der Waals surface area contributed by atoms with E-state index in [1.165, 1.54) is 22.5 Å². The predicted molar refractivity (Wildman–Crippen MR) is 91.7 cm³/mol. The van der Waals surface area contributed by atoms with Gasteiger partial charge < -0.3 is 10.2 Å². The monoisotopic (exact) mass is 341 g/mol. The van der Waals surface area contributed by atoms with Gasteiger partial charge in [-0.25, -0.2) is 4.98 Å². The maximum atomic E-state index is 12.7. The van der Waals surface area contributed by atoms with Crippen LogP contribution in [0.1, 0.15) is 34.5 Å². The van der Waals surface area contributed by atoms with Crippen LogP contribution >= 0.6 is 11.3 Å². The fraction of sp³-hybridized carbons (Fsp3) is 0.389. The lowest BCUT2D eigenvalue weighted by Crippen LogP contribution is -2.50. The number of likely N-dealkylation sites (tertiary alicyclic amines) is 1. The molecular formula is C18H19N3O2S. The number of carbonyl (C=O) groups is 2. The second-order valence-electron chi connectivity index (χ2n) is 6.57. The number of fused-ring (bicyclic) bond motifs is 1. The number of amides is 2. The van der Waals surface area contributed by atoms with Crippen molar-refractivity contribution in [3.8, 4) is 0 Å². The molecule has 0 bridgehead atoms. The Bertz CT molecular complexity index is 764. The van der Waals surface area contributed by atoms with Crippen molar-refractivity contribution in [2.24, 2.45) is 5.41 Å². The molecule has 4 rings (SSSR count). The molecule has 6 heteroatoms. The molecule has 1 fully saturated rings. The quantitative estimate of drug-likeness (QED) is 0.865. The molecule has 124 valence electrons. The molecule has 2 aliphatic rings. The number of nitrogens with zero attached hydrogens (tertiary/aromatic N) is 2. The molecule has 1 saturated heterocycles. The van der Waals surface area contributed by atoms with Crippen LogP contribution in [0.2, 0.25) is 0 Å². The Morgan fingerprint density at radius 3 is 2.67 bits per heavy atom. The summed E-state index contributed by atoms with van der Waals surface area (Å²) in [5.74, 6) is 0.0972. The molecule has 1 aromatic heterocycles. The lowest BCUT2D eigenvalue weighted by atomic mass is 9.73. The van der Waals surface area contributed by atoms with Crippen molar-refractivity contribution in [2.45, 2.75) is 25.8 Å². The summed E-state index contributed by atoms with van der Waals surface area (Å²) in [6, 6.07) is 8.24. The van der Waals surface area contributed by atoms with E-state index >= 15 is 0 Å². The van der Waals surface area contributed by atoms with Crippen molar-refractivity contribution < 1.29 is 9.59 Å². The van der Waals surface area contributed by atoms with Crippen molar-refractivity contribution in [1.82, 2.24) is 15.2 Å². The Kier molecular flexibility index (Phi) is 3.84. The van der Waals surface area contributed by atoms with Crippen LogP contribution in [0, 0.1) is 5.41 Å². The average Bonchev–Trinajstić information content (AvgIpc) is 3.11. The van der Waals surface area contributed by atoms with Gasteiger partial charge in [0.2, 0.25) is 5.91 Å². The van der Waals surface area contributed by atoms with Crippen LogP contribution in [0.15, 0.2) is 35.2 Å². The first kappa shape index (κ1) is 15.3. The number of rotatable bonds is 1. The minimum atomic E-state index is -0.397. The first-order valence-corrected chi connectivity index (χ1v) is 9.15. The van der Waals surface area contributed by atoms with Gasteiger partial charge >= 0.3 is 0 Å². The van der Waals surface area contributed by atoms with Gasteiger partial charge in [-0.15, -0.1) is 11.3 Å². The largest absolute Gasteiger partial charge is 0.352 e. The molecule has 3 heterocycles. The third-order valence-corrected chi connectivity index (χ3v) is 5.81. The van der Waals surface area contributed by atoms with E-state index in [2.05, 4.69) is 22.4 Å². The van der Waals surface area contributed by atoms with E-state index in [0.29, 0.717) is 38.2 Å². The Morgan fingerprint density at radius 2 is 1.96 bits per heavy atom. The maximum Gasteiger partial charge on any atom is 0.273 e. The van der Waals surface area contributed by atoms with Gasteiger partial charge in [-0.2, -0.15) is 0 Å². The highest BCUT2D eigenvalue weighted by Crippen LogP contribution is 2.38. The smallest absolute Gasteiger partial charge is 0.273 e. The van der Waals surface area contributed by atoms with Crippen LogP contribution in [-0.4, -0.2) is 34.8 Å². The van der Waals surface area contributed by atoms with Crippen LogP contribution in [-0.2, 0) is 17.8 Å². The summed E-state index contributed by atoms with van der Waals surface area (Å²) in [4.78, 5) is 31.1. The highest BCUT2D eigenvalue weighted by molar-refractivity contribution is 7.07. The van der Waals surface area contributed by atoms with Crippen molar-refractivity contribution in [2.75, 3.05) is 13.1 Å². The molecular weight excluding hydrogens is 322 g/mol. The van der Waals surface area contributed by atoms with Gasteiger partial charge in [-0.3, -0.25) is 9.59 Å². The lowest BCUT2D eigenvalue weighted by Gasteiger charge is -2.39. The van der Waals surface area contributed by atoms with Crippen LogP contribution in [0.3, 0.4) is 0 Å². The number of hydrogen-bond donors (Lipinski definition) is 1. The van der Waals surface area contributed by atoms with E-state index in [-0.39, 0.29) is 11.8 Å². The zero-order chi connectivity index (χ0) is 16.6. The summed E-state index contributed by atoms with van der Waals surface area (Å²) in [5.41, 5.74) is 4.23. The fourth-order valence-corrected chi connectivity index (χ4v) is 4.26. The van der Waals surface area contributed by atoms with Gasteiger partial charge in [-0.1, -0.05) is 24.3 Å². The molecule has 0 aliphatic carbocycles. The number of hydrogen-bond acceptors (Lipinski definition) is 4. The Labute approximate surface area is 144 Å². The van der Waals surface area contributed by atoms with Crippen molar-refractivity contribution >= 4 is 23.2 Å². The molecule has 2 aromatic rings. The van der Waals surface area contributed by atoms with Crippen molar-refractivity contribution in [3.63, 3.8) is 0 Å². The van der Waals surface area contributed by atoms with E-state index in [4.69, 9.17) is 0 Å². The maximum absolute atomic E-state index is 12.7. The summed E-state index contributed by atoms with van der Waals surface area (Å²) in [7, 11) is 0. The summed E-state index contributed by atoms with van der Waals surface area (Å²) >= 11 is 1.43. The second kappa shape index (κ2) is 6.02. The van der Waals surface area contributed by atoms with E-state index in [1.807, 2.05) is 17.0 Å². The van der Waals surface area contributed by atoms with Crippen LogP contribution in [0.5, 0.6) is 0 Å². The number of nitrogens with one attached hydrogen (secondary N) is 1. The molecule has 0 atom stereocenters. The predicted octanol–water partition coefficient (Wildman–Crippen LogP) is 2.24. The van der Waals surface area contributed by atoms with Crippen molar-refractivity contribution in [1.29, 1.82) is 0 Å². The molecule has 24 heavy (non-hydrogen) atoms.